The van der Waals surface area contributed by atoms with Crippen LogP contribution in [0.3, 0.4) is 0 Å². The second kappa shape index (κ2) is 7.49. The second-order valence-electron chi connectivity index (χ2n) is 2.93. The molecule has 0 amide bonds. The van der Waals surface area contributed by atoms with E-state index in [9.17, 15) is 0 Å². The molecule has 2 atom stereocenters. The summed E-state index contributed by atoms with van der Waals surface area (Å²) in [6.45, 7) is 0.472. The van der Waals surface area contributed by atoms with Gasteiger partial charge in [-0.3, -0.25) is 0 Å². The fourth-order valence-corrected chi connectivity index (χ4v) is 1.09. The highest BCUT2D eigenvalue weighted by molar-refractivity contribution is 4.72. The van der Waals surface area contributed by atoms with Crippen LogP contribution in [0, 0.1) is 0 Å². The first-order valence-corrected chi connectivity index (χ1v) is 4.39. The zero-order chi connectivity index (χ0) is 9.40. The molecule has 2 unspecified atom stereocenters. The van der Waals surface area contributed by atoms with Crippen LogP contribution in [0.25, 0.3) is 0 Å². The van der Waals surface area contributed by atoms with Gasteiger partial charge in [-0.25, -0.2) is 0 Å². The molecule has 0 aliphatic heterocycles. The van der Waals surface area contributed by atoms with Crippen molar-refractivity contribution >= 4 is 0 Å². The Labute approximate surface area is 73.0 Å². The Morgan fingerprint density at radius 3 is 1.58 bits per heavy atom. The van der Waals surface area contributed by atoms with E-state index in [1.807, 2.05) is 0 Å². The molecule has 0 aromatic carbocycles. The smallest absolute Gasteiger partial charge is 0.0799 e. The van der Waals surface area contributed by atoms with Crippen LogP contribution in [-0.4, -0.2) is 40.7 Å². The van der Waals surface area contributed by atoms with Crippen molar-refractivity contribution in [1.29, 1.82) is 0 Å². The lowest BCUT2D eigenvalue weighted by atomic mass is 9.95. The Kier molecular flexibility index (Phi) is 7.39. The molecule has 12 heavy (non-hydrogen) atoms. The molecule has 5 N–H and O–H groups in total. The van der Waals surface area contributed by atoms with Gasteiger partial charge in [-0.1, -0.05) is 12.8 Å². The summed E-state index contributed by atoms with van der Waals surface area (Å²) in [5, 5.41) is 25.6. The van der Waals surface area contributed by atoms with Gasteiger partial charge in [0.05, 0.1) is 18.8 Å². The summed E-state index contributed by atoms with van der Waals surface area (Å²) in [6.07, 6.45) is 2.81. The maximum atomic E-state index is 8.93. The first kappa shape index (κ1) is 11.8. The van der Waals surface area contributed by atoms with Crippen LogP contribution in [0.15, 0.2) is 0 Å². The van der Waals surface area contributed by atoms with E-state index < -0.39 is 12.2 Å². The molecule has 0 bridgehead atoms. The number of rotatable bonds is 1. The minimum Gasteiger partial charge on any atom is -0.395 e. The molecular formula is C8H19NO3. The predicted octanol–water partition coefficient (Wildman–Crippen LogP) is -0.780. The molecule has 1 saturated carbocycles. The van der Waals surface area contributed by atoms with Gasteiger partial charge < -0.3 is 21.1 Å². The molecule has 0 radical (unpaired) electrons. The van der Waals surface area contributed by atoms with E-state index in [4.69, 9.17) is 21.1 Å². The quantitative estimate of drug-likeness (QED) is 0.423. The van der Waals surface area contributed by atoms with Gasteiger partial charge in [0.15, 0.2) is 0 Å². The van der Waals surface area contributed by atoms with Crippen molar-refractivity contribution in [1.82, 2.24) is 0 Å². The Hall–Kier alpha value is -0.160. The lowest BCUT2D eigenvalue weighted by Crippen LogP contribution is -2.28. The number of hydrogen-bond donors (Lipinski definition) is 4. The van der Waals surface area contributed by atoms with E-state index >= 15 is 0 Å². The molecule has 1 aliphatic rings. The topological polar surface area (TPSA) is 86.7 Å². The van der Waals surface area contributed by atoms with Crippen LogP contribution in [0.1, 0.15) is 25.7 Å². The van der Waals surface area contributed by atoms with E-state index in [1.54, 1.807) is 0 Å². The molecule has 1 fully saturated rings. The fourth-order valence-electron chi connectivity index (χ4n) is 1.09. The largest absolute Gasteiger partial charge is 0.395 e. The van der Waals surface area contributed by atoms with Crippen molar-refractivity contribution in [3.05, 3.63) is 0 Å². The van der Waals surface area contributed by atoms with Crippen LogP contribution in [0.2, 0.25) is 0 Å². The fraction of sp³-hybridized carbons (Fsp3) is 1.00. The van der Waals surface area contributed by atoms with E-state index in [2.05, 4.69) is 0 Å². The van der Waals surface area contributed by atoms with Gasteiger partial charge in [0.25, 0.3) is 0 Å². The van der Waals surface area contributed by atoms with Crippen molar-refractivity contribution in [3.63, 3.8) is 0 Å². The predicted molar refractivity (Wildman–Crippen MR) is 46.6 cm³/mol. The number of nitrogens with two attached hydrogens (primary N) is 1. The monoisotopic (exact) mass is 177 g/mol. The lowest BCUT2D eigenvalue weighted by molar-refractivity contribution is -0.00865. The van der Waals surface area contributed by atoms with Crippen molar-refractivity contribution in [2.75, 3.05) is 13.2 Å². The van der Waals surface area contributed by atoms with Crippen LogP contribution < -0.4 is 5.73 Å². The minimum atomic E-state index is -0.441. The first-order valence-electron chi connectivity index (χ1n) is 4.39. The summed E-state index contributed by atoms with van der Waals surface area (Å²) in [6, 6.07) is 0. The normalized spacial score (nSPS) is 29.0. The van der Waals surface area contributed by atoms with Gasteiger partial charge in [-0.15, -0.1) is 0 Å². The summed E-state index contributed by atoms with van der Waals surface area (Å²) < 4.78 is 0. The van der Waals surface area contributed by atoms with Crippen LogP contribution in [0.5, 0.6) is 0 Å². The standard InChI is InChI=1S/C6H12O2.C2H7NO/c7-5-3-1-2-4-6(5)8;3-1-2-4/h5-8H,1-4H2;4H,1-3H2. The molecule has 4 nitrogen and oxygen atoms in total. The van der Waals surface area contributed by atoms with Crippen LogP contribution in [0.4, 0.5) is 0 Å². The van der Waals surface area contributed by atoms with Gasteiger partial charge in [-0.2, -0.15) is 0 Å². The lowest BCUT2D eigenvalue weighted by Gasteiger charge is -2.22. The highest BCUT2D eigenvalue weighted by atomic mass is 16.3. The molecule has 0 saturated heterocycles. The molecular weight excluding hydrogens is 158 g/mol. The van der Waals surface area contributed by atoms with Gasteiger partial charge in [0, 0.05) is 6.54 Å². The summed E-state index contributed by atoms with van der Waals surface area (Å²) >= 11 is 0. The first-order chi connectivity index (χ1) is 5.72. The molecule has 1 rings (SSSR count). The van der Waals surface area contributed by atoms with Crippen molar-refractivity contribution in [2.24, 2.45) is 5.73 Å². The average molecular weight is 177 g/mol. The van der Waals surface area contributed by atoms with Gasteiger partial charge in [-0.05, 0) is 12.8 Å². The van der Waals surface area contributed by atoms with E-state index in [0.29, 0.717) is 6.54 Å². The van der Waals surface area contributed by atoms with Crippen LogP contribution >= 0.6 is 0 Å². The summed E-state index contributed by atoms with van der Waals surface area (Å²) in [7, 11) is 0. The summed E-state index contributed by atoms with van der Waals surface area (Å²) in [5.41, 5.74) is 4.78. The summed E-state index contributed by atoms with van der Waals surface area (Å²) in [4.78, 5) is 0. The van der Waals surface area contributed by atoms with E-state index in [0.717, 1.165) is 25.7 Å². The van der Waals surface area contributed by atoms with E-state index in [-0.39, 0.29) is 6.61 Å². The third-order valence-corrected chi connectivity index (χ3v) is 1.82. The third-order valence-electron chi connectivity index (χ3n) is 1.82. The SMILES string of the molecule is NCCO.OC1CCCCC1O. The highest BCUT2D eigenvalue weighted by Crippen LogP contribution is 2.17. The zero-order valence-corrected chi connectivity index (χ0v) is 7.32. The third kappa shape index (κ3) is 5.49. The molecule has 4 heteroatoms. The van der Waals surface area contributed by atoms with Crippen molar-refractivity contribution in [2.45, 2.75) is 37.9 Å². The van der Waals surface area contributed by atoms with Gasteiger partial charge in [0.1, 0.15) is 0 Å². The number of aliphatic hydroxyl groups excluding tert-OH is 3. The van der Waals surface area contributed by atoms with Crippen LogP contribution in [-0.2, 0) is 0 Å². The van der Waals surface area contributed by atoms with E-state index in [1.165, 1.54) is 0 Å². The van der Waals surface area contributed by atoms with Gasteiger partial charge >= 0.3 is 0 Å². The maximum absolute atomic E-state index is 8.93. The van der Waals surface area contributed by atoms with Gasteiger partial charge in [0.2, 0.25) is 0 Å². The summed E-state index contributed by atoms with van der Waals surface area (Å²) in [5.74, 6) is 0. The average Bonchev–Trinajstić information content (AvgIpc) is 2.11. The Balaban J connectivity index is 0.000000261. The molecule has 0 aromatic heterocycles. The van der Waals surface area contributed by atoms with Crippen molar-refractivity contribution in [3.8, 4) is 0 Å². The number of hydrogen-bond acceptors (Lipinski definition) is 4. The molecule has 74 valence electrons. The Morgan fingerprint density at radius 2 is 1.42 bits per heavy atom. The molecule has 0 aromatic rings. The molecule has 0 spiro atoms. The number of aliphatic hydroxyl groups is 3. The zero-order valence-electron chi connectivity index (χ0n) is 7.32. The highest BCUT2D eigenvalue weighted by Gasteiger charge is 2.19. The minimum absolute atomic E-state index is 0.0972. The van der Waals surface area contributed by atoms with Crippen molar-refractivity contribution < 1.29 is 15.3 Å². The molecule has 1 aliphatic carbocycles. The maximum Gasteiger partial charge on any atom is 0.0799 e. The molecule has 0 heterocycles. The Bertz CT molecular complexity index is 88.3. The second-order valence-corrected chi connectivity index (χ2v) is 2.93. The Morgan fingerprint density at radius 1 is 1.08 bits per heavy atom.